The van der Waals surface area contributed by atoms with Gasteiger partial charge in [0.05, 0.1) is 0 Å². The second-order valence-electron chi connectivity index (χ2n) is 4.12. The molecule has 0 aliphatic carbocycles. The summed E-state index contributed by atoms with van der Waals surface area (Å²) in [5, 5.41) is -7.51. The zero-order valence-corrected chi connectivity index (χ0v) is 14.2. The summed E-state index contributed by atoms with van der Waals surface area (Å²) < 4.78 is 192. The summed E-state index contributed by atoms with van der Waals surface area (Å²) in [5.41, 5.74) is 0. The Hall–Kier alpha value is -0.780. The van der Waals surface area contributed by atoms with Crippen molar-refractivity contribution in [2.24, 2.45) is 0 Å². The summed E-state index contributed by atoms with van der Waals surface area (Å²) >= 11 is 0. The molecule has 0 aromatic carbocycles. The second kappa shape index (κ2) is 5.86. The van der Waals surface area contributed by atoms with Gasteiger partial charge < -0.3 is 0 Å². The minimum atomic E-state index is -8.03. The Balaban J connectivity index is 7.82. The van der Waals surface area contributed by atoms with Crippen LogP contribution in [0.25, 0.3) is 0 Å². The number of halogens is 6. The first-order chi connectivity index (χ1) is 10.8. The third kappa shape index (κ3) is 2.96. The molecular weight excluding hydrogens is 482 g/mol. The smallest absolute Gasteiger partial charge is 0.283 e. The zero-order valence-electron chi connectivity index (χ0n) is 11.0. The van der Waals surface area contributed by atoms with Crippen LogP contribution in [0.15, 0.2) is 0 Å². The number of rotatable bonds is 7. The molecule has 0 amide bonds. The van der Waals surface area contributed by atoms with Gasteiger partial charge in [0.2, 0.25) is 0 Å². The van der Waals surface area contributed by atoms with Crippen LogP contribution in [-0.4, -0.2) is 72.4 Å². The van der Waals surface area contributed by atoms with Crippen LogP contribution in [0.1, 0.15) is 0 Å². The molecule has 22 heteroatoms. The van der Waals surface area contributed by atoms with Gasteiger partial charge in [0.25, 0.3) is 0 Å². The fraction of sp³-hybridized carbons (Fsp3) is 1.00. The van der Waals surface area contributed by atoms with Crippen molar-refractivity contribution in [3.8, 4) is 0 Å². The molecular formula is C4H4F6O12S4. The van der Waals surface area contributed by atoms with Crippen LogP contribution in [0.5, 0.6) is 0 Å². The molecule has 0 aromatic rings. The van der Waals surface area contributed by atoms with Crippen molar-refractivity contribution in [3.05, 3.63) is 0 Å². The predicted molar refractivity (Wildman–Crippen MR) is 63.8 cm³/mol. The Bertz CT molecular complexity index is 925. The normalized spacial score (nSPS) is 16.5. The molecule has 0 heterocycles. The third-order valence-electron chi connectivity index (χ3n) is 2.49. The minimum absolute atomic E-state index is 7.24. The lowest BCUT2D eigenvalue weighted by atomic mass is 10.2. The molecule has 0 aliphatic heterocycles. The van der Waals surface area contributed by atoms with E-state index in [4.69, 9.17) is 18.2 Å². The molecule has 0 atom stereocenters. The van der Waals surface area contributed by atoms with Crippen LogP contribution in [0, 0.1) is 0 Å². The monoisotopic (exact) mass is 486 g/mol. The van der Waals surface area contributed by atoms with E-state index in [1.807, 2.05) is 0 Å². The van der Waals surface area contributed by atoms with E-state index >= 15 is 0 Å². The summed E-state index contributed by atoms with van der Waals surface area (Å²) in [4.78, 5) is 0. The Morgan fingerprint density at radius 3 is 0.846 bits per heavy atom. The highest BCUT2D eigenvalue weighted by atomic mass is 32.3. The van der Waals surface area contributed by atoms with Gasteiger partial charge in [-0.25, -0.2) is 0 Å². The molecule has 0 spiro atoms. The van der Waals surface area contributed by atoms with E-state index in [2.05, 4.69) is 0 Å². The first kappa shape index (κ1) is 25.2. The third-order valence-corrected chi connectivity index (χ3v) is 9.99. The fourth-order valence-electron chi connectivity index (χ4n) is 1.42. The van der Waals surface area contributed by atoms with Gasteiger partial charge in [-0.1, -0.05) is 0 Å². The SMILES string of the molecule is O=S(=O)(O)C(F)(F)C(F)(F)C(F)(F)C(S(=O)(=O)O)(S(=O)(=O)O)S(=O)(=O)O. The van der Waals surface area contributed by atoms with Crippen LogP contribution in [0.4, 0.5) is 26.3 Å². The van der Waals surface area contributed by atoms with E-state index in [0.29, 0.717) is 0 Å². The molecule has 0 saturated heterocycles. The molecule has 0 saturated carbocycles. The summed E-state index contributed by atoms with van der Waals surface area (Å²) in [5.74, 6) is -16.0. The maximum absolute atomic E-state index is 13.8. The summed E-state index contributed by atoms with van der Waals surface area (Å²) in [7, 11) is -31.3. The lowest BCUT2D eigenvalue weighted by molar-refractivity contribution is -0.279. The van der Waals surface area contributed by atoms with E-state index in [9.17, 15) is 60.0 Å². The van der Waals surface area contributed by atoms with Crippen LogP contribution in [0.2, 0.25) is 0 Å². The second-order valence-corrected chi connectivity index (χ2v) is 11.0. The van der Waals surface area contributed by atoms with Gasteiger partial charge >= 0.3 is 61.0 Å². The highest BCUT2D eigenvalue weighted by Crippen LogP contribution is 2.57. The quantitative estimate of drug-likeness (QED) is 0.253. The molecule has 0 unspecified atom stereocenters. The Morgan fingerprint density at radius 2 is 0.692 bits per heavy atom. The van der Waals surface area contributed by atoms with Crippen molar-refractivity contribution < 1.29 is 78.2 Å². The van der Waals surface area contributed by atoms with E-state index in [0.717, 1.165) is 0 Å². The summed E-state index contributed by atoms with van der Waals surface area (Å²) in [6.07, 6.45) is 0. The Morgan fingerprint density at radius 1 is 0.462 bits per heavy atom. The first-order valence-electron chi connectivity index (χ1n) is 4.76. The van der Waals surface area contributed by atoms with Gasteiger partial charge in [0.15, 0.2) is 0 Å². The molecule has 4 N–H and O–H groups in total. The predicted octanol–water partition coefficient (Wildman–Crippen LogP) is -0.945. The molecule has 12 nitrogen and oxygen atoms in total. The van der Waals surface area contributed by atoms with Crippen molar-refractivity contribution in [3.63, 3.8) is 0 Å². The fourth-order valence-corrected chi connectivity index (χ4v) is 6.42. The maximum atomic E-state index is 13.8. The molecule has 0 rings (SSSR count). The van der Waals surface area contributed by atoms with Crippen LogP contribution in [-0.2, 0) is 40.5 Å². The summed E-state index contributed by atoms with van der Waals surface area (Å²) in [6.45, 7) is 0. The van der Waals surface area contributed by atoms with Crippen molar-refractivity contribution in [1.82, 2.24) is 0 Å². The molecule has 0 radical (unpaired) electrons. The highest BCUT2D eigenvalue weighted by Gasteiger charge is 2.93. The number of alkyl halides is 6. The maximum Gasteiger partial charge on any atom is 0.438 e. The van der Waals surface area contributed by atoms with Gasteiger partial charge in [0, 0.05) is 0 Å². The topological polar surface area (TPSA) is 217 Å². The molecule has 0 fully saturated rings. The minimum Gasteiger partial charge on any atom is -0.283 e. The Kier molecular flexibility index (Phi) is 5.68. The van der Waals surface area contributed by atoms with Crippen LogP contribution < -0.4 is 0 Å². The lowest BCUT2D eigenvalue weighted by Crippen LogP contribution is -2.73. The van der Waals surface area contributed by atoms with Crippen molar-refractivity contribution >= 4 is 40.5 Å². The Labute approximate surface area is 139 Å². The molecule has 0 aromatic heterocycles. The molecule has 158 valence electrons. The molecule has 26 heavy (non-hydrogen) atoms. The van der Waals surface area contributed by atoms with Crippen LogP contribution >= 0.6 is 0 Å². The van der Waals surface area contributed by atoms with E-state index in [-0.39, 0.29) is 0 Å². The van der Waals surface area contributed by atoms with E-state index in [1.165, 1.54) is 0 Å². The van der Waals surface area contributed by atoms with Gasteiger partial charge in [-0.2, -0.15) is 60.0 Å². The van der Waals surface area contributed by atoms with Gasteiger partial charge in [-0.05, 0) is 0 Å². The van der Waals surface area contributed by atoms with Crippen molar-refractivity contribution in [2.45, 2.75) is 20.5 Å². The van der Waals surface area contributed by atoms with Gasteiger partial charge in [-0.3, -0.25) is 18.2 Å². The van der Waals surface area contributed by atoms with Gasteiger partial charge in [0.1, 0.15) is 0 Å². The van der Waals surface area contributed by atoms with Crippen molar-refractivity contribution in [1.29, 1.82) is 0 Å². The van der Waals surface area contributed by atoms with Crippen LogP contribution in [0.3, 0.4) is 0 Å². The average molecular weight is 486 g/mol. The van der Waals surface area contributed by atoms with Crippen molar-refractivity contribution in [2.75, 3.05) is 0 Å². The number of hydrogen-bond donors (Lipinski definition) is 4. The zero-order chi connectivity index (χ0) is 22.0. The molecule has 0 bridgehead atoms. The summed E-state index contributed by atoms with van der Waals surface area (Å²) in [6, 6.07) is 0. The first-order valence-corrected chi connectivity index (χ1v) is 10.5. The molecule has 0 aliphatic rings. The average Bonchev–Trinajstić information content (AvgIpc) is 2.19. The highest BCUT2D eigenvalue weighted by molar-refractivity contribution is 8.21. The van der Waals surface area contributed by atoms with Gasteiger partial charge in [-0.15, -0.1) is 0 Å². The van der Waals surface area contributed by atoms with E-state index in [1.54, 1.807) is 0 Å². The lowest BCUT2D eigenvalue weighted by Gasteiger charge is -2.37. The number of hydrogen-bond acceptors (Lipinski definition) is 8. The van der Waals surface area contributed by atoms with E-state index < -0.39 is 61.0 Å². The largest absolute Gasteiger partial charge is 0.438 e. The standard InChI is InChI=1S/C4H4F6O12S4/c5-1(6,3(9,10)23(11,12)13)2(7,8)4(24(14,15)16,25(17,18)19)26(20,21)22/h(H,11,12,13)(H,14,15,16)(H,17,18,19)(H,20,21,22).